The zero-order chi connectivity index (χ0) is 9.26. The van der Waals surface area contributed by atoms with Crippen LogP contribution in [-0.2, 0) is 4.74 Å². The summed E-state index contributed by atoms with van der Waals surface area (Å²) in [6.45, 7) is 0. The number of fused-ring (bicyclic) bond motifs is 1. The van der Waals surface area contributed by atoms with Gasteiger partial charge in [-0.25, -0.2) is 4.79 Å². The molecule has 0 unspecified atom stereocenters. The van der Waals surface area contributed by atoms with Crippen LogP contribution >= 0.6 is 0 Å². The van der Waals surface area contributed by atoms with E-state index in [1.807, 2.05) is 24.4 Å². The first-order valence-corrected chi connectivity index (χ1v) is 3.80. The third kappa shape index (κ3) is 1.29. The smallest absolute Gasteiger partial charge is 0.429 e. The number of nitrogens with one attached hydrogen (secondary N) is 1. The predicted molar refractivity (Wildman–Crippen MR) is 45.6 cm³/mol. The number of hydrogen-bond acceptors (Lipinski definition) is 4. The molecule has 68 valence electrons. The molecule has 13 heavy (non-hydrogen) atoms. The van der Waals surface area contributed by atoms with Crippen molar-refractivity contribution < 1.29 is 9.53 Å². The first kappa shape index (κ1) is 7.88. The van der Waals surface area contributed by atoms with Crippen LogP contribution in [0.15, 0.2) is 36.3 Å². The van der Waals surface area contributed by atoms with Crippen LogP contribution in [0.25, 0.3) is 0 Å². The highest BCUT2D eigenvalue weighted by molar-refractivity contribution is 5.68. The Balaban J connectivity index is 2.15. The van der Waals surface area contributed by atoms with E-state index >= 15 is 0 Å². The van der Waals surface area contributed by atoms with Gasteiger partial charge in [-0.15, -0.1) is 5.53 Å². The fourth-order valence-electron chi connectivity index (χ4n) is 1.12. The number of carbonyl (C=O) groups excluding carboxylic acids is 1. The van der Waals surface area contributed by atoms with Gasteiger partial charge < -0.3 is 4.74 Å². The molecular formula is C8H9N3O2. The van der Waals surface area contributed by atoms with E-state index in [0.29, 0.717) is 0 Å². The van der Waals surface area contributed by atoms with Gasteiger partial charge in [0.25, 0.3) is 0 Å². The Kier molecular flexibility index (Phi) is 1.79. The van der Waals surface area contributed by atoms with E-state index in [4.69, 9.17) is 0 Å². The molecule has 0 atom stereocenters. The number of amides is 1. The monoisotopic (exact) mass is 179 g/mol. The number of nitrogens with zero attached hydrogens (tertiary/aromatic N) is 2. The second-order valence-electron chi connectivity index (χ2n) is 2.56. The van der Waals surface area contributed by atoms with Crippen molar-refractivity contribution in [3.8, 4) is 0 Å². The van der Waals surface area contributed by atoms with Crippen molar-refractivity contribution in [1.82, 2.24) is 15.6 Å². The van der Waals surface area contributed by atoms with E-state index < -0.39 is 6.09 Å². The second kappa shape index (κ2) is 2.95. The second-order valence-corrected chi connectivity index (χ2v) is 2.56. The van der Waals surface area contributed by atoms with Gasteiger partial charge in [-0.3, -0.25) is 5.01 Å². The lowest BCUT2D eigenvalue weighted by atomic mass is 10.3. The molecule has 1 N–H and O–H groups in total. The summed E-state index contributed by atoms with van der Waals surface area (Å²) in [4.78, 5) is 11.1. The van der Waals surface area contributed by atoms with Crippen LogP contribution < -0.4 is 5.53 Å². The van der Waals surface area contributed by atoms with Gasteiger partial charge in [-0.1, -0.05) is 6.08 Å². The minimum Gasteiger partial charge on any atom is -0.452 e. The average Bonchev–Trinajstić information content (AvgIpc) is 2.59. The van der Waals surface area contributed by atoms with Crippen molar-refractivity contribution in [3.63, 3.8) is 0 Å². The molecule has 0 bridgehead atoms. The number of rotatable bonds is 0. The number of methoxy groups -OCH3 is 1. The highest BCUT2D eigenvalue weighted by atomic mass is 16.5. The lowest BCUT2D eigenvalue weighted by molar-refractivity contribution is 0.104. The molecule has 2 heterocycles. The van der Waals surface area contributed by atoms with Crippen LogP contribution in [0.1, 0.15) is 0 Å². The van der Waals surface area contributed by atoms with Crippen LogP contribution in [0.4, 0.5) is 4.79 Å². The van der Waals surface area contributed by atoms with E-state index in [0.717, 1.165) is 5.70 Å². The van der Waals surface area contributed by atoms with Gasteiger partial charge in [0.2, 0.25) is 0 Å². The van der Waals surface area contributed by atoms with E-state index in [-0.39, 0.29) is 0 Å². The van der Waals surface area contributed by atoms with Crippen molar-refractivity contribution in [1.29, 1.82) is 0 Å². The number of carbonyl (C=O) groups is 1. The number of ether oxygens (including phenoxy) is 1. The number of hydrogen-bond donors (Lipinski definition) is 1. The number of allylic oxidation sites excluding steroid dienone is 3. The van der Waals surface area contributed by atoms with Crippen LogP contribution in [0, 0.1) is 0 Å². The minimum absolute atomic E-state index is 0.441. The van der Waals surface area contributed by atoms with Crippen molar-refractivity contribution >= 4 is 6.09 Å². The van der Waals surface area contributed by atoms with Crippen LogP contribution in [0.3, 0.4) is 0 Å². The molecule has 0 aliphatic carbocycles. The molecule has 5 nitrogen and oxygen atoms in total. The Hall–Kier alpha value is -1.75. The lowest BCUT2D eigenvalue weighted by Crippen LogP contribution is -2.41. The van der Waals surface area contributed by atoms with Crippen LogP contribution in [-0.4, -0.2) is 23.2 Å². The van der Waals surface area contributed by atoms with Gasteiger partial charge in [-0.05, 0) is 12.2 Å². The summed E-state index contributed by atoms with van der Waals surface area (Å²) in [5, 5.41) is 2.99. The van der Waals surface area contributed by atoms with E-state index in [1.54, 1.807) is 11.2 Å². The van der Waals surface area contributed by atoms with Crippen LogP contribution in [0.2, 0.25) is 0 Å². The third-order valence-electron chi connectivity index (χ3n) is 1.74. The molecule has 0 aromatic carbocycles. The molecule has 0 saturated heterocycles. The van der Waals surface area contributed by atoms with E-state index in [2.05, 4.69) is 10.3 Å². The summed E-state index contributed by atoms with van der Waals surface area (Å²) < 4.78 is 4.55. The normalized spacial score (nSPS) is 18.7. The van der Waals surface area contributed by atoms with Gasteiger partial charge in [0.15, 0.2) is 0 Å². The van der Waals surface area contributed by atoms with Crippen molar-refractivity contribution in [2.24, 2.45) is 0 Å². The fourth-order valence-corrected chi connectivity index (χ4v) is 1.12. The Morgan fingerprint density at radius 1 is 1.54 bits per heavy atom. The average molecular weight is 179 g/mol. The summed E-state index contributed by atoms with van der Waals surface area (Å²) in [5.74, 6) is 0. The molecule has 2 aliphatic rings. The predicted octanol–water partition coefficient (Wildman–Crippen LogP) is 0.715. The first-order chi connectivity index (χ1) is 6.31. The molecule has 0 aromatic rings. The molecule has 0 radical (unpaired) electrons. The Morgan fingerprint density at radius 3 is 3.08 bits per heavy atom. The van der Waals surface area contributed by atoms with E-state index in [1.165, 1.54) is 12.1 Å². The third-order valence-corrected chi connectivity index (χ3v) is 1.74. The minimum atomic E-state index is -0.441. The Bertz CT molecular complexity index is 319. The largest absolute Gasteiger partial charge is 0.452 e. The molecule has 0 aromatic heterocycles. The fraction of sp³-hybridized carbons (Fsp3) is 0.125. The molecular weight excluding hydrogens is 170 g/mol. The molecule has 2 aliphatic heterocycles. The molecule has 1 amide bonds. The Morgan fingerprint density at radius 2 is 2.38 bits per heavy atom. The zero-order valence-corrected chi connectivity index (χ0v) is 7.10. The van der Waals surface area contributed by atoms with Gasteiger partial charge in [0.05, 0.1) is 19.0 Å². The first-order valence-electron chi connectivity index (χ1n) is 3.80. The lowest BCUT2D eigenvalue weighted by Gasteiger charge is -2.19. The van der Waals surface area contributed by atoms with Crippen molar-refractivity contribution in [2.75, 3.05) is 7.11 Å². The maximum Gasteiger partial charge on any atom is 0.429 e. The number of hydrazine groups is 2. The van der Waals surface area contributed by atoms with Gasteiger partial charge in [0, 0.05) is 6.20 Å². The van der Waals surface area contributed by atoms with Crippen LogP contribution in [0.5, 0.6) is 0 Å². The Labute approximate surface area is 75.5 Å². The maximum atomic E-state index is 11.1. The molecule has 5 heteroatoms. The van der Waals surface area contributed by atoms with E-state index in [9.17, 15) is 4.79 Å². The molecule has 2 rings (SSSR count). The van der Waals surface area contributed by atoms with Crippen molar-refractivity contribution in [2.45, 2.75) is 0 Å². The molecule has 0 fully saturated rings. The highest BCUT2D eigenvalue weighted by Crippen LogP contribution is 2.16. The molecule has 0 spiro atoms. The van der Waals surface area contributed by atoms with Gasteiger partial charge >= 0.3 is 6.09 Å². The summed E-state index contributed by atoms with van der Waals surface area (Å²) in [6.07, 6.45) is 8.68. The summed E-state index contributed by atoms with van der Waals surface area (Å²) in [5.41, 5.74) is 3.70. The maximum absolute atomic E-state index is 11.1. The summed E-state index contributed by atoms with van der Waals surface area (Å²) >= 11 is 0. The topological polar surface area (TPSA) is 44.8 Å². The molecule has 0 saturated carbocycles. The van der Waals surface area contributed by atoms with Crippen molar-refractivity contribution in [3.05, 3.63) is 36.3 Å². The quantitative estimate of drug-likeness (QED) is 0.595. The summed E-state index contributed by atoms with van der Waals surface area (Å²) in [7, 11) is 1.34. The zero-order valence-electron chi connectivity index (χ0n) is 7.10. The summed E-state index contributed by atoms with van der Waals surface area (Å²) in [6, 6.07) is 0. The highest BCUT2D eigenvalue weighted by Gasteiger charge is 2.23. The standard InChI is InChI=1S/C8H9N3O2/c1-13-8(12)11-6-7-4-2-3-5-10(7)9-11/h2-6,9H,1H3. The van der Waals surface area contributed by atoms with Gasteiger partial charge in [0.1, 0.15) is 0 Å². The van der Waals surface area contributed by atoms with Gasteiger partial charge in [-0.2, -0.15) is 5.01 Å². The SMILES string of the molecule is COC(=O)N1C=C2C=CC=CN2N1.